The summed E-state index contributed by atoms with van der Waals surface area (Å²) in [7, 11) is 1.64. The number of carbonyl (C=O) groups excluding carboxylic acids is 2. The average molecular weight is 287 g/mol. The highest BCUT2D eigenvalue weighted by molar-refractivity contribution is 5.88. The second-order valence-electron chi connectivity index (χ2n) is 4.89. The number of carboxylic acid groups (broad SMARTS) is 1. The van der Waals surface area contributed by atoms with Gasteiger partial charge in [-0.3, -0.25) is 4.79 Å². The van der Waals surface area contributed by atoms with E-state index in [0.717, 1.165) is 0 Å². The van der Waals surface area contributed by atoms with Gasteiger partial charge in [-0.25, -0.2) is 9.59 Å². The summed E-state index contributed by atoms with van der Waals surface area (Å²) in [5, 5.41) is 13.9. The lowest BCUT2D eigenvalue weighted by molar-refractivity contribution is -0.140. The van der Waals surface area contributed by atoms with Gasteiger partial charge < -0.3 is 20.6 Å². The van der Waals surface area contributed by atoms with Crippen LogP contribution in [0.15, 0.2) is 0 Å². The van der Waals surface area contributed by atoms with Gasteiger partial charge in [-0.2, -0.15) is 0 Å². The van der Waals surface area contributed by atoms with E-state index in [-0.39, 0.29) is 11.8 Å². The summed E-state index contributed by atoms with van der Waals surface area (Å²) in [6.07, 6.45) is 0.629. The molecule has 0 aliphatic carbocycles. The summed E-state index contributed by atoms with van der Waals surface area (Å²) in [5.41, 5.74) is 0. The Balaban J connectivity index is 4.54. The number of carbonyl (C=O) groups is 3. The van der Waals surface area contributed by atoms with Gasteiger partial charge in [0, 0.05) is 13.6 Å². The summed E-state index contributed by atoms with van der Waals surface area (Å²) in [5.74, 6) is -1.50. The van der Waals surface area contributed by atoms with Gasteiger partial charge in [-0.05, 0) is 19.8 Å². The predicted molar refractivity (Wildman–Crippen MR) is 75.3 cm³/mol. The maximum atomic E-state index is 11.8. The molecule has 116 valence electrons. The van der Waals surface area contributed by atoms with Gasteiger partial charge in [0.2, 0.25) is 5.91 Å². The fraction of sp³-hybridized carbons (Fsp3) is 0.769. The van der Waals surface area contributed by atoms with Crippen molar-refractivity contribution in [2.75, 3.05) is 13.6 Å². The minimum atomic E-state index is -1.08. The zero-order chi connectivity index (χ0) is 15.9. The summed E-state index contributed by atoms with van der Waals surface area (Å²) in [6, 6.07) is -2.32. The number of hydrogen-bond donors (Lipinski definition) is 3. The van der Waals surface area contributed by atoms with Crippen molar-refractivity contribution in [3.05, 3.63) is 0 Å². The molecule has 3 N–H and O–H groups in total. The smallest absolute Gasteiger partial charge is 0.326 e. The first-order chi connectivity index (χ1) is 9.24. The fourth-order valence-corrected chi connectivity index (χ4v) is 1.61. The Bertz CT molecular complexity index is 360. The Labute approximate surface area is 119 Å². The molecule has 3 amide bonds. The van der Waals surface area contributed by atoms with Crippen LogP contribution in [0.2, 0.25) is 0 Å². The molecule has 0 bridgehead atoms. The van der Waals surface area contributed by atoms with Gasteiger partial charge in [-0.15, -0.1) is 0 Å². The van der Waals surface area contributed by atoms with Crippen LogP contribution in [0, 0.1) is 5.92 Å². The quantitative estimate of drug-likeness (QED) is 0.640. The van der Waals surface area contributed by atoms with Crippen LogP contribution in [0.5, 0.6) is 0 Å². The molecule has 0 saturated carbocycles. The number of likely N-dealkylation sites (N-methyl/N-ethyl adjacent to an activating group) is 1. The van der Waals surface area contributed by atoms with E-state index in [2.05, 4.69) is 10.6 Å². The zero-order valence-electron chi connectivity index (χ0n) is 12.8. The van der Waals surface area contributed by atoms with Gasteiger partial charge >= 0.3 is 12.0 Å². The molecule has 7 nitrogen and oxygen atoms in total. The van der Waals surface area contributed by atoms with Gasteiger partial charge in [0.05, 0.1) is 0 Å². The van der Waals surface area contributed by atoms with E-state index in [4.69, 9.17) is 5.11 Å². The third kappa shape index (κ3) is 5.46. The molecular formula is C13H25N3O4. The Morgan fingerprint density at radius 3 is 2.10 bits per heavy atom. The number of amides is 3. The van der Waals surface area contributed by atoms with E-state index in [9.17, 15) is 14.4 Å². The summed E-state index contributed by atoms with van der Waals surface area (Å²) in [6.45, 7) is 7.53. The molecule has 7 heteroatoms. The van der Waals surface area contributed by atoms with Crippen LogP contribution in [0.1, 0.15) is 34.1 Å². The molecular weight excluding hydrogens is 262 g/mol. The van der Waals surface area contributed by atoms with Crippen molar-refractivity contribution in [2.24, 2.45) is 5.92 Å². The number of nitrogens with zero attached hydrogens (tertiary/aromatic N) is 1. The van der Waals surface area contributed by atoms with E-state index in [1.54, 1.807) is 20.9 Å². The molecule has 0 fully saturated rings. The highest BCUT2D eigenvalue weighted by Gasteiger charge is 2.26. The van der Waals surface area contributed by atoms with Crippen LogP contribution < -0.4 is 10.6 Å². The SMILES string of the molecule is CCC(C)C(NC(=O)NC(C)C(=O)N(C)CC)C(=O)O. The number of hydrogen-bond acceptors (Lipinski definition) is 3. The Morgan fingerprint density at radius 1 is 1.15 bits per heavy atom. The number of urea groups is 1. The first-order valence-electron chi connectivity index (χ1n) is 6.79. The van der Waals surface area contributed by atoms with Crippen LogP contribution in [0.25, 0.3) is 0 Å². The van der Waals surface area contributed by atoms with Crippen LogP contribution in [-0.2, 0) is 9.59 Å². The minimum Gasteiger partial charge on any atom is -0.480 e. The first kappa shape index (κ1) is 18.2. The first-order valence-corrected chi connectivity index (χ1v) is 6.79. The average Bonchev–Trinajstić information content (AvgIpc) is 2.41. The molecule has 0 aromatic heterocycles. The molecule has 0 radical (unpaired) electrons. The minimum absolute atomic E-state index is 0.192. The Hall–Kier alpha value is -1.79. The van der Waals surface area contributed by atoms with E-state index in [1.165, 1.54) is 4.90 Å². The summed E-state index contributed by atoms with van der Waals surface area (Å²) in [4.78, 5) is 36.1. The monoisotopic (exact) mass is 287 g/mol. The highest BCUT2D eigenvalue weighted by Crippen LogP contribution is 2.07. The van der Waals surface area contributed by atoms with Crippen LogP contribution in [0.3, 0.4) is 0 Å². The molecule has 0 aliphatic rings. The van der Waals surface area contributed by atoms with Crippen molar-refractivity contribution in [2.45, 2.75) is 46.2 Å². The van der Waals surface area contributed by atoms with E-state index in [0.29, 0.717) is 13.0 Å². The third-order valence-corrected chi connectivity index (χ3v) is 3.33. The van der Waals surface area contributed by atoms with E-state index in [1.807, 2.05) is 13.8 Å². The van der Waals surface area contributed by atoms with Gasteiger partial charge in [-0.1, -0.05) is 20.3 Å². The van der Waals surface area contributed by atoms with E-state index >= 15 is 0 Å². The zero-order valence-corrected chi connectivity index (χ0v) is 12.8. The van der Waals surface area contributed by atoms with Crippen molar-refractivity contribution in [3.63, 3.8) is 0 Å². The molecule has 0 rings (SSSR count). The largest absolute Gasteiger partial charge is 0.480 e. The maximum absolute atomic E-state index is 11.8. The van der Waals surface area contributed by atoms with Gasteiger partial charge in [0.25, 0.3) is 0 Å². The van der Waals surface area contributed by atoms with Crippen molar-refractivity contribution in [1.82, 2.24) is 15.5 Å². The molecule has 0 spiro atoms. The van der Waals surface area contributed by atoms with E-state index < -0.39 is 24.1 Å². The normalized spacial score (nSPS) is 14.8. The van der Waals surface area contributed by atoms with Gasteiger partial charge in [0.15, 0.2) is 0 Å². The molecule has 0 saturated heterocycles. The Morgan fingerprint density at radius 2 is 1.70 bits per heavy atom. The summed E-state index contributed by atoms with van der Waals surface area (Å²) >= 11 is 0. The van der Waals surface area contributed by atoms with Crippen LogP contribution in [-0.4, -0.2) is 53.6 Å². The molecule has 0 aliphatic heterocycles. The number of rotatable bonds is 7. The Kier molecular flexibility index (Phi) is 7.64. The van der Waals surface area contributed by atoms with Crippen molar-refractivity contribution in [3.8, 4) is 0 Å². The third-order valence-electron chi connectivity index (χ3n) is 3.33. The lowest BCUT2D eigenvalue weighted by Gasteiger charge is -2.23. The molecule has 0 heterocycles. The molecule has 0 aromatic rings. The summed E-state index contributed by atoms with van der Waals surface area (Å²) < 4.78 is 0. The van der Waals surface area contributed by atoms with Crippen LogP contribution >= 0.6 is 0 Å². The second kappa shape index (κ2) is 8.39. The standard InChI is InChI=1S/C13H25N3O4/c1-6-8(3)10(12(18)19)15-13(20)14-9(4)11(17)16(5)7-2/h8-10H,6-7H2,1-5H3,(H,18,19)(H2,14,15,20). The number of carboxylic acids is 1. The molecule has 3 unspecified atom stereocenters. The fourth-order valence-electron chi connectivity index (χ4n) is 1.61. The van der Waals surface area contributed by atoms with Crippen molar-refractivity contribution < 1.29 is 19.5 Å². The highest BCUT2D eigenvalue weighted by atomic mass is 16.4. The van der Waals surface area contributed by atoms with Crippen molar-refractivity contribution in [1.29, 1.82) is 0 Å². The topological polar surface area (TPSA) is 98.7 Å². The maximum Gasteiger partial charge on any atom is 0.326 e. The van der Waals surface area contributed by atoms with Crippen molar-refractivity contribution >= 4 is 17.9 Å². The van der Waals surface area contributed by atoms with Crippen LogP contribution in [0.4, 0.5) is 4.79 Å². The predicted octanol–water partition coefficient (Wildman–Crippen LogP) is 0.652. The second-order valence-corrected chi connectivity index (χ2v) is 4.89. The lowest BCUT2D eigenvalue weighted by atomic mass is 9.99. The van der Waals surface area contributed by atoms with Gasteiger partial charge in [0.1, 0.15) is 12.1 Å². The number of aliphatic carboxylic acids is 1. The number of nitrogens with one attached hydrogen (secondary N) is 2. The molecule has 3 atom stereocenters. The molecule has 20 heavy (non-hydrogen) atoms. The molecule has 0 aromatic carbocycles. The lowest BCUT2D eigenvalue weighted by Crippen LogP contribution is -2.54.